The molecule has 2 aromatic rings. The average molecular weight is 241 g/mol. The topological polar surface area (TPSA) is 29.9 Å². The molecule has 0 bridgehead atoms. The molecule has 3 heteroatoms. The van der Waals surface area contributed by atoms with E-state index in [2.05, 4.69) is 52.3 Å². The third-order valence-electron chi connectivity index (χ3n) is 3.68. The van der Waals surface area contributed by atoms with E-state index >= 15 is 0 Å². The summed E-state index contributed by atoms with van der Waals surface area (Å²) < 4.78 is 2.28. The number of aryl methyl sites for hydroxylation is 1. The van der Waals surface area contributed by atoms with Crippen molar-refractivity contribution in [2.75, 3.05) is 11.9 Å². The molecule has 1 heterocycles. The van der Waals surface area contributed by atoms with Gasteiger partial charge in [-0.2, -0.15) is 0 Å². The van der Waals surface area contributed by atoms with E-state index in [1.54, 1.807) is 0 Å². The van der Waals surface area contributed by atoms with Crippen LogP contribution in [0.5, 0.6) is 0 Å². The van der Waals surface area contributed by atoms with Crippen LogP contribution in [0.15, 0.2) is 36.7 Å². The number of hydrogen-bond donors (Lipinski definition) is 1. The second-order valence-corrected chi connectivity index (χ2v) is 4.80. The fourth-order valence-corrected chi connectivity index (χ4v) is 2.88. The lowest BCUT2D eigenvalue weighted by molar-refractivity contribution is 0.493. The minimum atomic E-state index is 0.437. The highest BCUT2D eigenvalue weighted by atomic mass is 15.2. The van der Waals surface area contributed by atoms with E-state index in [-0.39, 0.29) is 0 Å². The van der Waals surface area contributed by atoms with E-state index in [0.29, 0.717) is 6.04 Å². The summed E-state index contributed by atoms with van der Waals surface area (Å²) >= 11 is 0. The quantitative estimate of drug-likeness (QED) is 0.894. The molecule has 0 aliphatic heterocycles. The lowest BCUT2D eigenvalue weighted by atomic mass is 9.87. The minimum Gasteiger partial charge on any atom is -0.356 e. The second kappa shape index (κ2) is 4.84. The Balaban J connectivity index is 2.00. The Morgan fingerprint density at radius 2 is 2.28 bits per heavy atom. The molecular weight excluding hydrogens is 222 g/mol. The first-order chi connectivity index (χ1) is 8.90. The van der Waals surface area contributed by atoms with Crippen LogP contribution in [0, 0.1) is 0 Å². The molecule has 0 spiro atoms. The summed E-state index contributed by atoms with van der Waals surface area (Å²) in [6.07, 6.45) is 7.63. The Kier molecular flexibility index (Phi) is 3.05. The molecule has 0 amide bonds. The van der Waals surface area contributed by atoms with Crippen molar-refractivity contribution in [2.24, 2.45) is 0 Å². The van der Waals surface area contributed by atoms with Crippen molar-refractivity contribution < 1.29 is 0 Å². The summed E-state index contributed by atoms with van der Waals surface area (Å²) in [4.78, 5) is 4.41. The molecular formula is C15H19N3. The largest absolute Gasteiger partial charge is 0.356 e. The predicted molar refractivity (Wildman–Crippen MR) is 73.9 cm³/mol. The number of anilines is 1. The van der Waals surface area contributed by atoms with Gasteiger partial charge in [0.1, 0.15) is 0 Å². The number of imidazole rings is 1. The molecule has 1 aliphatic rings. The normalized spacial score (nSPS) is 18.4. The van der Waals surface area contributed by atoms with Crippen LogP contribution < -0.4 is 5.32 Å². The van der Waals surface area contributed by atoms with Gasteiger partial charge in [-0.1, -0.05) is 24.3 Å². The lowest BCUT2D eigenvalue weighted by Gasteiger charge is -2.27. The molecule has 1 aliphatic carbocycles. The summed E-state index contributed by atoms with van der Waals surface area (Å²) in [6, 6.07) is 9.23. The van der Waals surface area contributed by atoms with Crippen molar-refractivity contribution in [3.05, 3.63) is 47.8 Å². The summed E-state index contributed by atoms with van der Waals surface area (Å²) in [5, 5.41) is 3.34. The zero-order valence-corrected chi connectivity index (χ0v) is 10.8. The average Bonchev–Trinajstić information content (AvgIpc) is 2.87. The van der Waals surface area contributed by atoms with Crippen LogP contribution in [-0.4, -0.2) is 16.1 Å². The molecule has 3 nitrogen and oxygen atoms in total. The van der Waals surface area contributed by atoms with Crippen LogP contribution in [0.25, 0.3) is 0 Å². The fraction of sp³-hybridized carbons (Fsp3) is 0.400. The van der Waals surface area contributed by atoms with E-state index in [1.807, 2.05) is 6.20 Å². The number of benzene rings is 1. The Bertz CT molecular complexity index is 530. The monoisotopic (exact) mass is 241 g/mol. The Morgan fingerprint density at radius 1 is 1.39 bits per heavy atom. The molecule has 0 saturated heterocycles. The molecule has 0 saturated carbocycles. The Morgan fingerprint density at radius 3 is 3.17 bits per heavy atom. The zero-order valence-electron chi connectivity index (χ0n) is 10.8. The summed E-state index contributed by atoms with van der Waals surface area (Å²) in [6.45, 7) is 3.01. The highest BCUT2D eigenvalue weighted by molar-refractivity contribution is 5.36. The molecule has 1 aromatic carbocycles. The second-order valence-electron chi connectivity index (χ2n) is 4.80. The number of nitrogens with one attached hydrogen (secondary N) is 1. The maximum absolute atomic E-state index is 4.41. The van der Waals surface area contributed by atoms with Gasteiger partial charge in [0.15, 0.2) is 0 Å². The first kappa shape index (κ1) is 11.3. The summed E-state index contributed by atoms with van der Waals surface area (Å²) in [7, 11) is 0. The predicted octanol–water partition coefficient (Wildman–Crippen LogP) is 3.24. The van der Waals surface area contributed by atoms with Gasteiger partial charge in [-0.05, 0) is 37.3 Å². The van der Waals surface area contributed by atoms with Crippen LogP contribution >= 0.6 is 0 Å². The number of aromatic nitrogens is 2. The van der Waals surface area contributed by atoms with Crippen LogP contribution in [0.3, 0.4) is 0 Å². The zero-order chi connectivity index (χ0) is 12.4. The van der Waals surface area contributed by atoms with Crippen molar-refractivity contribution in [3.63, 3.8) is 0 Å². The number of nitrogens with zero attached hydrogens (tertiary/aromatic N) is 2. The minimum absolute atomic E-state index is 0.437. The molecule has 1 atom stereocenters. The standard InChI is InChI=1S/C15H19N3/c1-2-16-15-17-10-11-18(15)14-9-5-7-12-6-3-4-8-13(12)14/h3-4,6,8,10-11,14H,2,5,7,9H2,1H3,(H,16,17). The van der Waals surface area contributed by atoms with Gasteiger partial charge in [0.05, 0.1) is 6.04 Å². The Labute approximate surface area is 108 Å². The van der Waals surface area contributed by atoms with Gasteiger partial charge in [0, 0.05) is 18.9 Å². The number of rotatable bonds is 3. The maximum Gasteiger partial charge on any atom is 0.203 e. The van der Waals surface area contributed by atoms with E-state index in [9.17, 15) is 0 Å². The SMILES string of the molecule is CCNc1nccn1C1CCCc2ccccc21. The van der Waals surface area contributed by atoms with Crippen LogP contribution in [0.1, 0.15) is 36.9 Å². The molecule has 0 radical (unpaired) electrons. The molecule has 1 aromatic heterocycles. The van der Waals surface area contributed by atoms with E-state index in [1.165, 1.54) is 30.4 Å². The third kappa shape index (κ3) is 1.90. The fourth-order valence-electron chi connectivity index (χ4n) is 2.88. The smallest absolute Gasteiger partial charge is 0.203 e. The van der Waals surface area contributed by atoms with Crippen LogP contribution in [0.4, 0.5) is 5.95 Å². The van der Waals surface area contributed by atoms with Crippen LogP contribution in [0.2, 0.25) is 0 Å². The first-order valence-corrected chi connectivity index (χ1v) is 6.74. The molecule has 3 rings (SSSR count). The van der Waals surface area contributed by atoms with Crippen molar-refractivity contribution in [1.29, 1.82) is 0 Å². The first-order valence-electron chi connectivity index (χ1n) is 6.74. The van der Waals surface area contributed by atoms with Crippen molar-refractivity contribution in [1.82, 2.24) is 9.55 Å². The number of fused-ring (bicyclic) bond motifs is 1. The maximum atomic E-state index is 4.41. The highest BCUT2D eigenvalue weighted by Crippen LogP contribution is 2.34. The van der Waals surface area contributed by atoms with Crippen molar-refractivity contribution in [2.45, 2.75) is 32.2 Å². The van der Waals surface area contributed by atoms with Crippen molar-refractivity contribution in [3.8, 4) is 0 Å². The van der Waals surface area contributed by atoms with Gasteiger partial charge in [-0.3, -0.25) is 0 Å². The van der Waals surface area contributed by atoms with E-state index < -0.39 is 0 Å². The lowest BCUT2D eigenvalue weighted by Crippen LogP contribution is -2.18. The van der Waals surface area contributed by atoms with Gasteiger partial charge >= 0.3 is 0 Å². The van der Waals surface area contributed by atoms with E-state index in [4.69, 9.17) is 0 Å². The highest BCUT2D eigenvalue weighted by Gasteiger charge is 2.22. The molecule has 0 fully saturated rings. The van der Waals surface area contributed by atoms with Gasteiger partial charge in [0.25, 0.3) is 0 Å². The Hall–Kier alpha value is -1.77. The van der Waals surface area contributed by atoms with Gasteiger partial charge in [-0.15, -0.1) is 0 Å². The molecule has 1 unspecified atom stereocenters. The van der Waals surface area contributed by atoms with Crippen LogP contribution in [-0.2, 0) is 6.42 Å². The van der Waals surface area contributed by atoms with Crippen molar-refractivity contribution >= 4 is 5.95 Å². The van der Waals surface area contributed by atoms with Gasteiger partial charge in [0.2, 0.25) is 5.95 Å². The van der Waals surface area contributed by atoms with Gasteiger partial charge < -0.3 is 9.88 Å². The van der Waals surface area contributed by atoms with Gasteiger partial charge in [-0.25, -0.2) is 4.98 Å². The third-order valence-corrected chi connectivity index (χ3v) is 3.68. The summed E-state index contributed by atoms with van der Waals surface area (Å²) in [5.41, 5.74) is 2.95. The number of hydrogen-bond acceptors (Lipinski definition) is 2. The molecule has 18 heavy (non-hydrogen) atoms. The van der Waals surface area contributed by atoms with E-state index in [0.717, 1.165) is 12.5 Å². The molecule has 1 N–H and O–H groups in total. The molecule has 94 valence electrons. The summed E-state index contributed by atoms with van der Waals surface area (Å²) in [5.74, 6) is 0.985.